The van der Waals surface area contributed by atoms with Crippen molar-refractivity contribution in [3.8, 4) is 11.5 Å². The molecule has 24 heavy (non-hydrogen) atoms. The van der Waals surface area contributed by atoms with Crippen LogP contribution in [0.1, 0.15) is 5.56 Å². The number of anilines is 1. The van der Waals surface area contributed by atoms with Gasteiger partial charge in [0, 0.05) is 16.8 Å². The number of carbonyl (C=O) groups excluding carboxylic acids is 1. The van der Waals surface area contributed by atoms with Gasteiger partial charge in [0.05, 0.1) is 20.6 Å². The van der Waals surface area contributed by atoms with Gasteiger partial charge < -0.3 is 20.1 Å². The number of nitrogens with one attached hydrogen (secondary N) is 2. The molecule has 0 saturated heterocycles. The zero-order valence-electron chi connectivity index (χ0n) is 13.3. The highest BCUT2D eigenvalue weighted by Gasteiger charge is 2.08. The second kappa shape index (κ2) is 8.52. The van der Waals surface area contributed by atoms with Crippen molar-refractivity contribution in [2.24, 2.45) is 0 Å². The SMILES string of the molecule is COc1ccc(NC(=S)NC(=O)Cc2ccc(Cl)cc2)cc1OC. The van der Waals surface area contributed by atoms with Gasteiger partial charge in [0.2, 0.25) is 5.91 Å². The summed E-state index contributed by atoms with van der Waals surface area (Å²) < 4.78 is 10.4. The lowest BCUT2D eigenvalue weighted by molar-refractivity contribution is -0.119. The van der Waals surface area contributed by atoms with Crippen molar-refractivity contribution in [1.82, 2.24) is 5.32 Å². The van der Waals surface area contributed by atoms with Crippen molar-refractivity contribution in [1.29, 1.82) is 0 Å². The van der Waals surface area contributed by atoms with Crippen molar-refractivity contribution in [3.05, 3.63) is 53.1 Å². The van der Waals surface area contributed by atoms with Gasteiger partial charge in [0.1, 0.15) is 0 Å². The van der Waals surface area contributed by atoms with Gasteiger partial charge in [-0.15, -0.1) is 0 Å². The van der Waals surface area contributed by atoms with Gasteiger partial charge in [-0.1, -0.05) is 23.7 Å². The quantitative estimate of drug-likeness (QED) is 0.796. The van der Waals surface area contributed by atoms with E-state index in [1.165, 1.54) is 0 Å². The lowest BCUT2D eigenvalue weighted by Gasteiger charge is -2.12. The first kappa shape index (κ1) is 18.0. The van der Waals surface area contributed by atoms with E-state index in [4.69, 9.17) is 33.3 Å². The zero-order chi connectivity index (χ0) is 17.5. The third-order valence-electron chi connectivity index (χ3n) is 3.17. The fraction of sp³-hybridized carbons (Fsp3) is 0.176. The Hall–Kier alpha value is -2.31. The number of methoxy groups -OCH3 is 2. The highest BCUT2D eigenvalue weighted by molar-refractivity contribution is 7.80. The Morgan fingerprint density at radius 3 is 2.38 bits per heavy atom. The van der Waals surface area contributed by atoms with Gasteiger partial charge in [0.25, 0.3) is 0 Å². The number of carbonyl (C=O) groups is 1. The first-order chi connectivity index (χ1) is 11.5. The van der Waals surface area contributed by atoms with Crippen molar-refractivity contribution >= 4 is 40.5 Å². The Bertz CT molecular complexity index is 735. The first-order valence-electron chi connectivity index (χ1n) is 7.09. The highest BCUT2D eigenvalue weighted by atomic mass is 35.5. The molecule has 0 unspecified atom stereocenters. The number of hydrogen-bond acceptors (Lipinski definition) is 4. The van der Waals surface area contributed by atoms with E-state index < -0.39 is 0 Å². The molecule has 2 aromatic carbocycles. The van der Waals surface area contributed by atoms with Crippen LogP contribution in [0.3, 0.4) is 0 Å². The monoisotopic (exact) mass is 364 g/mol. The molecule has 0 heterocycles. The molecular formula is C17H17ClN2O3S. The van der Waals surface area contributed by atoms with Gasteiger partial charge >= 0.3 is 0 Å². The Kier molecular flexibility index (Phi) is 6.40. The second-order valence-electron chi connectivity index (χ2n) is 4.88. The summed E-state index contributed by atoms with van der Waals surface area (Å²) in [6, 6.07) is 12.3. The Morgan fingerprint density at radius 1 is 1.08 bits per heavy atom. The van der Waals surface area contributed by atoms with Crippen molar-refractivity contribution < 1.29 is 14.3 Å². The predicted molar refractivity (Wildman–Crippen MR) is 99.1 cm³/mol. The summed E-state index contributed by atoms with van der Waals surface area (Å²) in [4.78, 5) is 12.0. The summed E-state index contributed by atoms with van der Waals surface area (Å²) in [6.45, 7) is 0. The lowest BCUT2D eigenvalue weighted by atomic mass is 10.1. The number of hydrogen-bond donors (Lipinski definition) is 2. The minimum atomic E-state index is -0.213. The molecule has 0 saturated carbocycles. The molecule has 2 N–H and O–H groups in total. The van der Waals surface area contributed by atoms with Gasteiger partial charge in [-0.05, 0) is 42.0 Å². The van der Waals surface area contributed by atoms with Crippen LogP contribution in [0.2, 0.25) is 5.02 Å². The molecule has 0 spiro atoms. The number of amides is 1. The summed E-state index contributed by atoms with van der Waals surface area (Å²) >= 11 is 11.0. The maximum Gasteiger partial charge on any atom is 0.230 e. The van der Waals surface area contributed by atoms with E-state index in [9.17, 15) is 4.79 Å². The van der Waals surface area contributed by atoms with E-state index in [0.717, 1.165) is 5.56 Å². The summed E-state index contributed by atoms with van der Waals surface area (Å²) in [6.07, 6.45) is 0.213. The number of thiocarbonyl (C=S) groups is 1. The molecule has 0 aliphatic heterocycles. The van der Waals surface area contributed by atoms with Crippen molar-refractivity contribution in [3.63, 3.8) is 0 Å². The van der Waals surface area contributed by atoms with Crippen LogP contribution in [0.5, 0.6) is 11.5 Å². The van der Waals surface area contributed by atoms with Gasteiger partial charge in [-0.25, -0.2) is 0 Å². The average molecular weight is 365 g/mol. The third-order valence-corrected chi connectivity index (χ3v) is 3.63. The molecule has 0 bridgehead atoms. The van der Waals surface area contributed by atoms with Crippen LogP contribution in [0.25, 0.3) is 0 Å². The third kappa shape index (κ3) is 5.11. The van der Waals surface area contributed by atoms with Crippen molar-refractivity contribution in [2.45, 2.75) is 6.42 Å². The zero-order valence-corrected chi connectivity index (χ0v) is 14.8. The topological polar surface area (TPSA) is 59.6 Å². The molecule has 1 amide bonds. The van der Waals surface area contributed by atoms with Gasteiger partial charge in [0.15, 0.2) is 16.6 Å². The van der Waals surface area contributed by atoms with Crippen LogP contribution in [-0.4, -0.2) is 25.2 Å². The summed E-state index contributed by atoms with van der Waals surface area (Å²) in [7, 11) is 3.11. The molecule has 5 nitrogen and oxygen atoms in total. The molecule has 126 valence electrons. The van der Waals surface area contributed by atoms with E-state index in [2.05, 4.69) is 10.6 Å². The maximum absolute atomic E-state index is 12.0. The minimum absolute atomic E-state index is 0.209. The molecule has 0 aliphatic rings. The fourth-order valence-electron chi connectivity index (χ4n) is 2.03. The van der Waals surface area contributed by atoms with Crippen LogP contribution in [0.15, 0.2) is 42.5 Å². The van der Waals surface area contributed by atoms with E-state index in [1.807, 2.05) is 0 Å². The number of rotatable bonds is 5. The van der Waals surface area contributed by atoms with Crippen LogP contribution >= 0.6 is 23.8 Å². The molecule has 0 aliphatic carbocycles. The Labute approximate surface area is 150 Å². The Morgan fingerprint density at radius 2 is 1.75 bits per heavy atom. The molecular weight excluding hydrogens is 348 g/mol. The predicted octanol–water partition coefficient (Wildman–Crippen LogP) is 3.41. The molecule has 0 fully saturated rings. The van der Waals surface area contributed by atoms with Crippen LogP contribution in [-0.2, 0) is 11.2 Å². The van der Waals surface area contributed by atoms with E-state index in [0.29, 0.717) is 22.2 Å². The standard InChI is InChI=1S/C17H17ClN2O3S/c1-22-14-8-7-13(10-15(14)23-2)19-17(24)20-16(21)9-11-3-5-12(18)6-4-11/h3-8,10H,9H2,1-2H3,(H2,19,20,21,24). The summed E-state index contributed by atoms with van der Waals surface area (Å²) in [5, 5.41) is 6.41. The number of ether oxygens (including phenoxy) is 2. The maximum atomic E-state index is 12.0. The Balaban J connectivity index is 1.92. The fourth-order valence-corrected chi connectivity index (χ4v) is 2.39. The average Bonchev–Trinajstić information content (AvgIpc) is 2.56. The largest absolute Gasteiger partial charge is 0.493 e. The lowest BCUT2D eigenvalue weighted by Crippen LogP contribution is -2.35. The van der Waals surface area contributed by atoms with E-state index in [-0.39, 0.29) is 17.4 Å². The molecule has 7 heteroatoms. The normalized spacial score (nSPS) is 9.96. The highest BCUT2D eigenvalue weighted by Crippen LogP contribution is 2.29. The summed E-state index contributed by atoms with van der Waals surface area (Å²) in [5.74, 6) is 0.967. The number of benzene rings is 2. The first-order valence-corrected chi connectivity index (χ1v) is 7.87. The molecule has 2 aromatic rings. The van der Waals surface area contributed by atoms with Crippen LogP contribution < -0.4 is 20.1 Å². The van der Waals surface area contributed by atoms with E-state index in [1.54, 1.807) is 56.7 Å². The second-order valence-corrected chi connectivity index (χ2v) is 5.72. The molecule has 0 radical (unpaired) electrons. The molecule has 2 rings (SSSR count). The summed E-state index contributed by atoms with van der Waals surface area (Å²) in [5.41, 5.74) is 1.54. The van der Waals surface area contributed by atoms with E-state index >= 15 is 0 Å². The van der Waals surface area contributed by atoms with Crippen LogP contribution in [0, 0.1) is 0 Å². The number of halogens is 1. The smallest absolute Gasteiger partial charge is 0.230 e. The van der Waals surface area contributed by atoms with Gasteiger partial charge in [-0.2, -0.15) is 0 Å². The van der Waals surface area contributed by atoms with Crippen molar-refractivity contribution in [2.75, 3.05) is 19.5 Å². The minimum Gasteiger partial charge on any atom is -0.493 e. The van der Waals surface area contributed by atoms with Crippen LogP contribution in [0.4, 0.5) is 5.69 Å². The molecule has 0 aromatic heterocycles. The molecule has 0 atom stereocenters. The van der Waals surface area contributed by atoms with Gasteiger partial charge in [-0.3, -0.25) is 4.79 Å².